The van der Waals surface area contributed by atoms with E-state index in [1.165, 1.54) is 14.7 Å². The predicted molar refractivity (Wildman–Crippen MR) is 81.9 cm³/mol. The average Bonchev–Trinajstić information content (AvgIpc) is 2.46. The van der Waals surface area contributed by atoms with Crippen LogP contribution < -0.4 is 22.2 Å². The van der Waals surface area contributed by atoms with E-state index in [0.29, 0.717) is 0 Å². The zero-order valence-electron chi connectivity index (χ0n) is 12.2. The van der Waals surface area contributed by atoms with Gasteiger partial charge in [0.15, 0.2) is 0 Å². The molecule has 0 aliphatic carbocycles. The maximum atomic E-state index is 4.56. The van der Waals surface area contributed by atoms with Crippen LogP contribution in [-0.2, 0) is 0 Å². The van der Waals surface area contributed by atoms with Gasteiger partial charge >= 0.3 is 0 Å². The van der Waals surface area contributed by atoms with Crippen molar-refractivity contribution in [3.63, 3.8) is 0 Å². The Morgan fingerprint density at radius 1 is 1.05 bits per heavy atom. The van der Waals surface area contributed by atoms with Crippen LogP contribution in [0, 0.1) is 0 Å². The minimum Gasteiger partial charge on any atom is -1.00 e. The van der Waals surface area contributed by atoms with Crippen LogP contribution in [0.2, 0.25) is 0 Å². The molecule has 3 heterocycles. The first kappa shape index (κ1) is 16.1. The molecule has 0 spiro atoms. The second-order valence-electron chi connectivity index (χ2n) is 5.21. The van der Waals surface area contributed by atoms with E-state index in [1.807, 2.05) is 24.5 Å². The summed E-state index contributed by atoms with van der Waals surface area (Å²) < 4.78 is 0. The number of quaternary nitrogens is 1. The van der Waals surface area contributed by atoms with E-state index in [2.05, 4.69) is 41.1 Å². The minimum absolute atomic E-state index is 0. The van der Waals surface area contributed by atoms with Crippen molar-refractivity contribution in [1.29, 1.82) is 0 Å². The average molecular weight is 323 g/mol. The van der Waals surface area contributed by atoms with Crippen molar-refractivity contribution < 1.29 is 17.3 Å². The first-order chi connectivity index (χ1) is 9.75. The number of hydrogen-bond donors (Lipinski definition) is 1. The summed E-state index contributed by atoms with van der Waals surface area (Å²) >= 11 is 1.75. The van der Waals surface area contributed by atoms with Gasteiger partial charge in [0.05, 0.1) is 30.4 Å². The van der Waals surface area contributed by atoms with Crippen LogP contribution in [0.25, 0.3) is 0 Å². The number of nitrogens with zero attached hydrogens (tertiary/aromatic N) is 3. The standard InChI is InChI=1S/C15H18N4S.ClH/c1-18(2)10-5-11-19-14-12(6-3-8-16-14)20-13-7-4-9-17-15(13)19;/h3-4,6-9H,5,10-11H2,1-2H3;1H. The number of anilines is 2. The molecule has 112 valence electrons. The smallest absolute Gasteiger partial charge is 0.148 e. The molecule has 0 unspecified atom stereocenters. The summed E-state index contributed by atoms with van der Waals surface area (Å²) in [6, 6.07) is 8.25. The molecular formula is C15H19ClN4S. The molecule has 2 aromatic rings. The molecule has 21 heavy (non-hydrogen) atoms. The highest BCUT2D eigenvalue weighted by molar-refractivity contribution is 7.99. The number of fused-ring (bicyclic) bond motifs is 2. The maximum Gasteiger partial charge on any atom is 0.148 e. The second-order valence-corrected chi connectivity index (χ2v) is 6.30. The SMILES string of the molecule is C[NH+](C)CCCN1c2ncccc2Sc2cccnc21.[Cl-]. The first-order valence-electron chi connectivity index (χ1n) is 6.90. The molecular weight excluding hydrogens is 304 g/mol. The highest BCUT2D eigenvalue weighted by Crippen LogP contribution is 2.45. The van der Waals surface area contributed by atoms with Gasteiger partial charge in [0.1, 0.15) is 11.6 Å². The van der Waals surface area contributed by atoms with Gasteiger partial charge in [-0.1, -0.05) is 11.8 Å². The van der Waals surface area contributed by atoms with Crippen molar-refractivity contribution in [1.82, 2.24) is 9.97 Å². The number of aromatic nitrogens is 2. The lowest BCUT2D eigenvalue weighted by Gasteiger charge is -2.30. The van der Waals surface area contributed by atoms with E-state index in [9.17, 15) is 0 Å². The highest BCUT2D eigenvalue weighted by Gasteiger charge is 2.24. The fourth-order valence-corrected chi connectivity index (χ4v) is 3.39. The Labute approximate surface area is 136 Å². The van der Waals surface area contributed by atoms with E-state index in [4.69, 9.17) is 0 Å². The topological polar surface area (TPSA) is 33.5 Å². The van der Waals surface area contributed by atoms with Crippen LogP contribution in [0.3, 0.4) is 0 Å². The molecule has 1 aliphatic heterocycles. The van der Waals surface area contributed by atoms with Gasteiger partial charge in [-0.3, -0.25) is 0 Å². The lowest BCUT2D eigenvalue weighted by atomic mass is 10.3. The third kappa shape index (κ3) is 3.48. The number of hydrogen-bond acceptors (Lipinski definition) is 4. The van der Waals surface area contributed by atoms with E-state index in [1.54, 1.807) is 11.8 Å². The van der Waals surface area contributed by atoms with Gasteiger partial charge < -0.3 is 22.2 Å². The number of nitrogens with one attached hydrogen (secondary N) is 1. The third-order valence-corrected chi connectivity index (χ3v) is 4.37. The summed E-state index contributed by atoms with van der Waals surface area (Å²) in [5.74, 6) is 2.08. The van der Waals surface area contributed by atoms with Crippen LogP contribution in [0.4, 0.5) is 11.6 Å². The molecule has 0 saturated carbocycles. The molecule has 6 heteroatoms. The van der Waals surface area contributed by atoms with Crippen molar-refractivity contribution in [2.45, 2.75) is 16.2 Å². The molecule has 3 rings (SSSR count). The van der Waals surface area contributed by atoms with Crippen molar-refractivity contribution >= 4 is 23.4 Å². The van der Waals surface area contributed by atoms with Crippen molar-refractivity contribution in [2.24, 2.45) is 0 Å². The summed E-state index contributed by atoms with van der Waals surface area (Å²) in [5, 5.41) is 0. The minimum atomic E-state index is 0. The molecule has 4 nitrogen and oxygen atoms in total. The van der Waals surface area contributed by atoms with E-state index >= 15 is 0 Å². The number of halogens is 1. The van der Waals surface area contributed by atoms with E-state index in [-0.39, 0.29) is 12.4 Å². The molecule has 0 bridgehead atoms. The molecule has 1 aliphatic rings. The molecule has 0 amide bonds. The summed E-state index contributed by atoms with van der Waals surface area (Å²) in [6.45, 7) is 2.10. The van der Waals surface area contributed by atoms with Crippen molar-refractivity contribution in [3.05, 3.63) is 36.7 Å². The number of rotatable bonds is 4. The fourth-order valence-electron chi connectivity index (χ4n) is 2.35. The predicted octanol–water partition coefficient (Wildman–Crippen LogP) is -1.38. The second kappa shape index (κ2) is 7.11. The molecule has 0 aromatic carbocycles. The van der Waals surface area contributed by atoms with E-state index in [0.717, 1.165) is 31.1 Å². The van der Waals surface area contributed by atoms with E-state index < -0.39 is 0 Å². The van der Waals surface area contributed by atoms with Gasteiger partial charge in [0, 0.05) is 25.4 Å². The van der Waals surface area contributed by atoms with Crippen LogP contribution in [0.15, 0.2) is 46.5 Å². The molecule has 1 N–H and O–H groups in total. The maximum absolute atomic E-state index is 4.56. The monoisotopic (exact) mass is 322 g/mol. The van der Waals surface area contributed by atoms with Gasteiger partial charge in [-0.25, -0.2) is 9.97 Å². The van der Waals surface area contributed by atoms with Gasteiger partial charge in [-0.05, 0) is 24.3 Å². The third-order valence-electron chi connectivity index (χ3n) is 3.29. The molecule has 2 aromatic heterocycles. The summed E-state index contributed by atoms with van der Waals surface area (Å²) in [6.07, 6.45) is 4.84. The Bertz CT molecular complexity index is 560. The molecule has 0 atom stereocenters. The molecule has 0 fully saturated rings. The summed E-state index contributed by atoms with van der Waals surface area (Å²) in [4.78, 5) is 15.3. The Balaban J connectivity index is 0.00000161. The lowest BCUT2D eigenvalue weighted by molar-refractivity contribution is -0.858. The summed E-state index contributed by atoms with van der Waals surface area (Å²) in [5.41, 5.74) is 0. The lowest BCUT2D eigenvalue weighted by Crippen LogP contribution is -3.05. The molecule has 0 radical (unpaired) electrons. The Hall–Kier alpha value is -1.30. The quantitative estimate of drug-likeness (QED) is 0.752. The van der Waals surface area contributed by atoms with Crippen LogP contribution in [0.1, 0.15) is 6.42 Å². The highest BCUT2D eigenvalue weighted by atomic mass is 35.5. The molecule has 0 saturated heterocycles. The van der Waals surface area contributed by atoms with Crippen LogP contribution in [0.5, 0.6) is 0 Å². The van der Waals surface area contributed by atoms with Crippen LogP contribution in [-0.4, -0.2) is 37.2 Å². The van der Waals surface area contributed by atoms with Crippen molar-refractivity contribution in [3.8, 4) is 0 Å². The zero-order valence-corrected chi connectivity index (χ0v) is 13.8. The van der Waals surface area contributed by atoms with Gasteiger partial charge in [-0.15, -0.1) is 0 Å². The Kier molecular flexibility index (Phi) is 5.45. The van der Waals surface area contributed by atoms with Gasteiger partial charge in [0.25, 0.3) is 0 Å². The van der Waals surface area contributed by atoms with Crippen molar-refractivity contribution in [2.75, 3.05) is 32.1 Å². The number of pyridine rings is 2. The Morgan fingerprint density at radius 2 is 1.62 bits per heavy atom. The Morgan fingerprint density at radius 3 is 2.14 bits per heavy atom. The summed E-state index contributed by atoms with van der Waals surface area (Å²) in [7, 11) is 4.37. The van der Waals surface area contributed by atoms with Gasteiger partial charge in [0.2, 0.25) is 0 Å². The first-order valence-corrected chi connectivity index (χ1v) is 7.72. The zero-order chi connectivity index (χ0) is 13.9. The fraction of sp³-hybridized carbons (Fsp3) is 0.333. The normalized spacial score (nSPS) is 12.6. The van der Waals surface area contributed by atoms with Crippen LogP contribution >= 0.6 is 11.8 Å². The van der Waals surface area contributed by atoms with Gasteiger partial charge in [-0.2, -0.15) is 0 Å². The largest absolute Gasteiger partial charge is 1.00 e.